The van der Waals surface area contributed by atoms with Crippen molar-refractivity contribution in [2.75, 3.05) is 45.8 Å². The second-order valence-corrected chi connectivity index (χ2v) is 10.5. The van der Waals surface area contributed by atoms with Gasteiger partial charge < -0.3 is 14.9 Å². The summed E-state index contributed by atoms with van der Waals surface area (Å²) in [7, 11) is 0. The van der Waals surface area contributed by atoms with Gasteiger partial charge in [-0.15, -0.1) is 0 Å². The number of likely N-dealkylation sites (N-methyl/N-ethyl adjacent to an activating group) is 3. The molecule has 4 aromatic rings. The molecule has 0 aliphatic heterocycles. The third kappa shape index (κ3) is 6.84. The van der Waals surface area contributed by atoms with E-state index in [0.29, 0.717) is 12.1 Å². The van der Waals surface area contributed by atoms with Crippen molar-refractivity contribution < 1.29 is 0 Å². The highest BCUT2D eigenvalue weighted by Gasteiger charge is 2.18. The van der Waals surface area contributed by atoms with E-state index in [4.69, 9.17) is 0 Å². The van der Waals surface area contributed by atoms with Gasteiger partial charge in [-0.3, -0.25) is 9.80 Å². The lowest BCUT2D eigenvalue weighted by molar-refractivity contribution is 0.149. The van der Waals surface area contributed by atoms with E-state index in [9.17, 15) is 0 Å². The van der Waals surface area contributed by atoms with Gasteiger partial charge in [0.15, 0.2) is 0 Å². The first-order chi connectivity index (χ1) is 18.0. The van der Waals surface area contributed by atoms with E-state index in [-0.39, 0.29) is 0 Å². The molecule has 4 rings (SSSR count). The molecule has 37 heavy (non-hydrogen) atoms. The molecule has 0 aliphatic carbocycles. The maximum atomic E-state index is 3.44. The fraction of sp³-hybridized carbons (Fsp3) is 0.500. The summed E-state index contributed by atoms with van der Waals surface area (Å²) >= 11 is 0. The van der Waals surface area contributed by atoms with Crippen LogP contribution in [-0.2, 0) is 12.8 Å². The van der Waals surface area contributed by atoms with Crippen LogP contribution in [0.1, 0.15) is 45.7 Å². The first-order valence-electron chi connectivity index (χ1n) is 14.3. The first-order valence-corrected chi connectivity index (χ1v) is 14.3. The monoisotopic (exact) mass is 501 g/mol. The summed E-state index contributed by atoms with van der Waals surface area (Å²) in [5.74, 6) is 0. The molecule has 2 unspecified atom stereocenters. The van der Waals surface area contributed by atoms with Crippen molar-refractivity contribution in [3.8, 4) is 0 Å². The van der Waals surface area contributed by atoms with Crippen LogP contribution in [0, 0.1) is 0 Å². The minimum atomic E-state index is 0.520. The predicted molar refractivity (Wildman–Crippen MR) is 160 cm³/mol. The second kappa shape index (κ2) is 13.3. The van der Waals surface area contributed by atoms with Crippen LogP contribution in [0.15, 0.2) is 60.9 Å². The number of para-hydroxylation sites is 2. The topological polar surface area (TPSA) is 41.3 Å². The molecule has 0 saturated carbocycles. The van der Waals surface area contributed by atoms with Crippen molar-refractivity contribution in [2.45, 2.75) is 59.5 Å². The summed E-state index contributed by atoms with van der Waals surface area (Å²) in [6.45, 7) is 19.4. The maximum Gasteiger partial charge on any atom is 0.0456 e. The summed E-state index contributed by atoms with van der Waals surface area (Å²) in [6.07, 6.45) is 6.56. The van der Waals surface area contributed by atoms with E-state index in [2.05, 4.69) is 120 Å². The van der Waals surface area contributed by atoms with E-state index in [1.165, 1.54) is 32.9 Å². The number of rotatable bonds is 15. The zero-order chi connectivity index (χ0) is 26.2. The number of hydrogen-bond acceptors (Lipinski definition) is 3. The van der Waals surface area contributed by atoms with Crippen LogP contribution in [0.5, 0.6) is 0 Å². The molecule has 0 fully saturated rings. The Labute approximate surface area is 223 Å². The number of H-pyrrole nitrogens is 2. The molecule has 2 heterocycles. The van der Waals surface area contributed by atoms with E-state index in [1.807, 2.05) is 0 Å². The number of fused-ring (bicyclic) bond motifs is 2. The third-order valence-corrected chi connectivity index (χ3v) is 8.29. The fourth-order valence-corrected chi connectivity index (χ4v) is 5.84. The molecule has 5 heteroatoms. The standard InChI is InChI=1S/C32H47N5/c1-6-35(17-19-36(7-2)25(4)21-27-23-33-31-15-11-9-13-29(27)31)18-20-37(8-3)26(5)22-28-24-34-32-16-12-10-14-30(28)32/h9-16,23-26,33-34H,6-8,17-22H2,1-5H3. The molecular formula is C32H47N5. The van der Waals surface area contributed by atoms with Gasteiger partial charge in [0.05, 0.1) is 0 Å². The number of aromatic amines is 2. The molecule has 0 spiro atoms. The number of nitrogens with zero attached hydrogens (tertiary/aromatic N) is 3. The van der Waals surface area contributed by atoms with Gasteiger partial charge in [0.1, 0.15) is 0 Å². The van der Waals surface area contributed by atoms with Crippen molar-refractivity contribution in [2.24, 2.45) is 0 Å². The molecule has 0 amide bonds. The maximum absolute atomic E-state index is 3.44. The fourth-order valence-electron chi connectivity index (χ4n) is 5.84. The van der Waals surface area contributed by atoms with Crippen LogP contribution in [0.25, 0.3) is 21.8 Å². The molecule has 5 nitrogen and oxygen atoms in total. The van der Waals surface area contributed by atoms with Gasteiger partial charge in [-0.25, -0.2) is 0 Å². The summed E-state index contributed by atoms with van der Waals surface area (Å²) in [5, 5.41) is 2.73. The molecule has 200 valence electrons. The second-order valence-electron chi connectivity index (χ2n) is 10.5. The lowest BCUT2D eigenvalue weighted by Gasteiger charge is -2.33. The van der Waals surface area contributed by atoms with Crippen LogP contribution >= 0.6 is 0 Å². The van der Waals surface area contributed by atoms with Gasteiger partial charge in [-0.2, -0.15) is 0 Å². The highest BCUT2D eigenvalue weighted by atomic mass is 15.2. The smallest absolute Gasteiger partial charge is 0.0456 e. The van der Waals surface area contributed by atoms with E-state index < -0.39 is 0 Å². The van der Waals surface area contributed by atoms with Gasteiger partial charge in [-0.1, -0.05) is 57.2 Å². The Morgan fingerprint density at radius 3 is 1.43 bits per heavy atom. The number of nitrogens with one attached hydrogen (secondary N) is 2. The van der Waals surface area contributed by atoms with Crippen molar-refractivity contribution in [1.82, 2.24) is 24.7 Å². The lowest BCUT2D eigenvalue weighted by atomic mass is 10.0. The molecule has 2 aromatic carbocycles. The molecule has 2 aromatic heterocycles. The van der Waals surface area contributed by atoms with Gasteiger partial charge in [-0.05, 0) is 69.6 Å². The Morgan fingerprint density at radius 1 is 0.595 bits per heavy atom. The summed E-state index contributed by atoms with van der Waals surface area (Å²) < 4.78 is 0. The average Bonchev–Trinajstić information content (AvgIpc) is 3.52. The summed E-state index contributed by atoms with van der Waals surface area (Å²) in [5.41, 5.74) is 5.34. The van der Waals surface area contributed by atoms with Crippen LogP contribution in [0.2, 0.25) is 0 Å². The lowest BCUT2D eigenvalue weighted by Crippen LogP contribution is -2.44. The molecule has 2 N–H and O–H groups in total. The van der Waals surface area contributed by atoms with Crippen molar-refractivity contribution >= 4 is 21.8 Å². The molecule has 0 bridgehead atoms. The highest BCUT2D eigenvalue weighted by Crippen LogP contribution is 2.21. The number of hydrogen-bond donors (Lipinski definition) is 2. The van der Waals surface area contributed by atoms with Gasteiger partial charge in [0.2, 0.25) is 0 Å². The Morgan fingerprint density at radius 2 is 1.03 bits per heavy atom. The van der Waals surface area contributed by atoms with Gasteiger partial charge >= 0.3 is 0 Å². The Kier molecular flexibility index (Phi) is 9.84. The van der Waals surface area contributed by atoms with Gasteiger partial charge in [0.25, 0.3) is 0 Å². The molecule has 0 aliphatic rings. The Balaban J connectivity index is 1.27. The normalized spacial score (nSPS) is 13.9. The Bertz CT molecular complexity index is 1130. The first kappa shape index (κ1) is 27.4. The van der Waals surface area contributed by atoms with Gasteiger partial charge in [0, 0.05) is 72.5 Å². The predicted octanol–water partition coefficient (Wildman–Crippen LogP) is 6.18. The molecule has 0 saturated heterocycles. The quantitative estimate of drug-likeness (QED) is 0.204. The van der Waals surface area contributed by atoms with Crippen molar-refractivity contribution in [3.63, 3.8) is 0 Å². The van der Waals surface area contributed by atoms with E-state index >= 15 is 0 Å². The van der Waals surface area contributed by atoms with Crippen LogP contribution in [0.4, 0.5) is 0 Å². The number of aromatic nitrogens is 2. The molecular weight excluding hydrogens is 454 g/mol. The van der Waals surface area contributed by atoms with Crippen molar-refractivity contribution in [3.05, 3.63) is 72.1 Å². The van der Waals surface area contributed by atoms with E-state index in [0.717, 1.165) is 58.7 Å². The highest BCUT2D eigenvalue weighted by molar-refractivity contribution is 5.83. The minimum absolute atomic E-state index is 0.520. The van der Waals surface area contributed by atoms with E-state index in [1.54, 1.807) is 0 Å². The SMILES string of the molecule is CCN(CCN(CC)C(C)Cc1c[nH]c2ccccc12)CCN(CC)C(C)Cc1c[nH]c2ccccc12. The number of benzene rings is 2. The minimum Gasteiger partial charge on any atom is -0.361 e. The van der Waals surface area contributed by atoms with Crippen molar-refractivity contribution in [1.29, 1.82) is 0 Å². The van der Waals surface area contributed by atoms with Crippen LogP contribution in [0.3, 0.4) is 0 Å². The summed E-state index contributed by atoms with van der Waals surface area (Å²) in [6, 6.07) is 18.3. The average molecular weight is 502 g/mol. The molecule has 2 atom stereocenters. The summed E-state index contributed by atoms with van der Waals surface area (Å²) in [4.78, 5) is 14.8. The van der Waals surface area contributed by atoms with Crippen LogP contribution < -0.4 is 0 Å². The van der Waals surface area contributed by atoms with Crippen LogP contribution in [-0.4, -0.2) is 82.6 Å². The largest absolute Gasteiger partial charge is 0.361 e. The Hall–Kier alpha value is -2.60. The zero-order valence-corrected chi connectivity index (χ0v) is 23.6. The third-order valence-electron chi connectivity index (χ3n) is 8.29. The molecule has 0 radical (unpaired) electrons. The zero-order valence-electron chi connectivity index (χ0n) is 23.6.